The van der Waals surface area contributed by atoms with Crippen molar-refractivity contribution in [1.82, 2.24) is 0 Å². The molecule has 1 aromatic carbocycles. The smallest absolute Gasteiger partial charge is 0.168 e. The molecular weight excluding hydrogens is 275 g/mol. The maximum absolute atomic E-state index is 11.9. The fourth-order valence-electron chi connectivity index (χ4n) is 1.23. The molecule has 0 saturated heterocycles. The molecule has 1 rings (SSSR count). The standard InChI is InChI=1S/C12H14BrClO/c1-12(2,3)11(15)8-4-5-9(7-13)10(14)6-8/h4-6H,7H2,1-3H3. The molecule has 0 bridgehead atoms. The highest BCUT2D eigenvalue weighted by atomic mass is 79.9. The van der Waals surface area contributed by atoms with Crippen molar-refractivity contribution in [3.05, 3.63) is 34.3 Å². The van der Waals surface area contributed by atoms with E-state index in [-0.39, 0.29) is 11.2 Å². The van der Waals surface area contributed by atoms with Gasteiger partial charge in [0.25, 0.3) is 0 Å². The molecular formula is C12H14BrClO. The van der Waals surface area contributed by atoms with Gasteiger partial charge in [0.15, 0.2) is 5.78 Å². The highest BCUT2D eigenvalue weighted by molar-refractivity contribution is 9.08. The van der Waals surface area contributed by atoms with Gasteiger partial charge in [0.1, 0.15) is 0 Å². The van der Waals surface area contributed by atoms with Gasteiger partial charge in [-0.15, -0.1) is 0 Å². The van der Waals surface area contributed by atoms with Gasteiger partial charge in [-0.3, -0.25) is 4.79 Å². The number of rotatable bonds is 2. The largest absolute Gasteiger partial charge is 0.294 e. The van der Waals surface area contributed by atoms with E-state index < -0.39 is 0 Å². The van der Waals surface area contributed by atoms with Crippen LogP contribution in [0.2, 0.25) is 5.02 Å². The van der Waals surface area contributed by atoms with Gasteiger partial charge in [-0.1, -0.05) is 60.4 Å². The molecule has 0 aliphatic heterocycles. The number of carbonyl (C=O) groups excluding carboxylic acids is 1. The van der Waals surface area contributed by atoms with Crippen molar-refractivity contribution in [2.45, 2.75) is 26.1 Å². The molecule has 0 saturated carbocycles. The minimum absolute atomic E-state index is 0.116. The van der Waals surface area contributed by atoms with Crippen LogP contribution in [0.25, 0.3) is 0 Å². The van der Waals surface area contributed by atoms with Gasteiger partial charge in [0.05, 0.1) is 0 Å². The Hall–Kier alpha value is -0.340. The van der Waals surface area contributed by atoms with Crippen LogP contribution in [-0.2, 0) is 5.33 Å². The van der Waals surface area contributed by atoms with Crippen LogP contribution >= 0.6 is 27.5 Å². The third-order valence-electron chi connectivity index (χ3n) is 2.14. The Kier molecular flexibility index (Phi) is 3.96. The van der Waals surface area contributed by atoms with Gasteiger partial charge in [-0.25, -0.2) is 0 Å². The summed E-state index contributed by atoms with van der Waals surface area (Å²) in [5.74, 6) is 0.116. The summed E-state index contributed by atoms with van der Waals surface area (Å²) in [5, 5.41) is 1.34. The van der Waals surface area contributed by atoms with Gasteiger partial charge >= 0.3 is 0 Å². The molecule has 0 aliphatic rings. The van der Waals surface area contributed by atoms with Crippen LogP contribution in [0, 0.1) is 5.41 Å². The molecule has 82 valence electrons. The monoisotopic (exact) mass is 288 g/mol. The van der Waals surface area contributed by atoms with E-state index >= 15 is 0 Å². The first-order chi connectivity index (χ1) is 6.86. The zero-order valence-corrected chi connectivity index (χ0v) is 11.4. The minimum Gasteiger partial charge on any atom is -0.294 e. The second kappa shape index (κ2) is 4.67. The molecule has 0 fully saturated rings. The number of alkyl halides is 1. The second-order valence-corrected chi connectivity index (χ2v) is 5.49. The van der Waals surface area contributed by atoms with Crippen LogP contribution in [0.5, 0.6) is 0 Å². The van der Waals surface area contributed by atoms with E-state index in [2.05, 4.69) is 15.9 Å². The predicted octanol–water partition coefficient (Wildman–Crippen LogP) is 4.46. The Morgan fingerprint density at radius 1 is 1.40 bits per heavy atom. The van der Waals surface area contributed by atoms with Crippen LogP contribution in [0.15, 0.2) is 18.2 Å². The molecule has 0 unspecified atom stereocenters. The number of hydrogen-bond acceptors (Lipinski definition) is 1. The van der Waals surface area contributed by atoms with Gasteiger partial charge in [-0.05, 0) is 11.6 Å². The van der Waals surface area contributed by atoms with Crippen LogP contribution in [-0.4, -0.2) is 5.78 Å². The van der Waals surface area contributed by atoms with Crippen molar-refractivity contribution in [3.63, 3.8) is 0 Å². The Labute approximate surface area is 104 Å². The molecule has 1 nitrogen and oxygen atoms in total. The molecule has 0 radical (unpaired) electrons. The van der Waals surface area contributed by atoms with E-state index in [1.807, 2.05) is 32.9 Å². The normalized spacial score (nSPS) is 11.5. The topological polar surface area (TPSA) is 17.1 Å². The summed E-state index contributed by atoms with van der Waals surface area (Å²) in [7, 11) is 0. The Morgan fingerprint density at radius 3 is 2.40 bits per heavy atom. The SMILES string of the molecule is CC(C)(C)C(=O)c1ccc(CBr)c(Cl)c1. The van der Waals surface area contributed by atoms with Crippen molar-refractivity contribution in [2.75, 3.05) is 0 Å². The van der Waals surface area contributed by atoms with E-state index in [4.69, 9.17) is 11.6 Å². The number of ketones is 1. The lowest BCUT2D eigenvalue weighted by Gasteiger charge is -2.17. The Balaban J connectivity index is 3.08. The second-order valence-electron chi connectivity index (χ2n) is 4.52. The lowest BCUT2D eigenvalue weighted by Crippen LogP contribution is -2.20. The first kappa shape index (κ1) is 12.7. The summed E-state index contributed by atoms with van der Waals surface area (Å²) in [4.78, 5) is 11.9. The van der Waals surface area contributed by atoms with Crippen LogP contribution in [0.4, 0.5) is 0 Å². The molecule has 0 atom stereocenters. The number of hydrogen-bond donors (Lipinski definition) is 0. The lowest BCUT2D eigenvalue weighted by molar-refractivity contribution is 0.0858. The molecule has 0 N–H and O–H groups in total. The predicted molar refractivity (Wildman–Crippen MR) is 67.9 cm³/mol. The van der Waals surface area contributed by atoms with E-state index in [0.29, 0.717) is 15.9 Å². The summed E-state index contributed by atoms with van der Waals surface area (Å²) in [6.07, 6.45) is 0. The quantitative estimate of drug-likeness (QED) is 0.580. The third-order valence-corrected chi connectivity index (χ3v) is 3.10. The highest BCUT2D eigenvalue weighted by Gasteiger charge is 2.23. The number of halogens is 2. The highest BCUT2D eigenvalue weighted by Crippen LogP contribution is 2.25. The van der Waals surface area contributed by atoms with Crippen LogP contribution in [0.1, 0.15) is 36.7 Å². The van der Waals surface area contributed by atoms with E-state index in [1.54, 1.807) is 6.07 Å². The van der Waals surface area contributed by atoms with Gasteiger partial charge in [0.2, 0.25) is 0 Å². The lowest BCUT2D eigenvalue weighted by atomic mass is 9.86. The van der Waals surface area contributed by atoms with Gasteiger partial charge in [0, 0.05) is 21.3 Å². The Morgan fingerprint density at radius 2 is 2.00 bits per heavy atom. The fourth-order valence-corrected chi connectivity index (χ4v) is 2.13. The van der Waals surface area contributed by atoms with Crippen LogP contribution in [0.3, 0.4) is 0 Å². The molecule has 0 amide bonds. The van der Waals surface area contributed by atoms with E-state index in [0.717, 1.165) is 5.56 Å². The average molecular weight is 290 g/mol. The summed E-state index contributed by atoms with van der Waals surface area (Å²) in [5.41, 5.74) is 1.32. The molecule has 0 aromatic heterocycles. The summed E-state index contributed by atoms with van der Waals surface area (Å²) >= 11 is 9.38. The van der Waals surface area contributed by atoms with Crippen molar-refractivity contribution in [2.24, 2.45) is 5.41 Å². The van der Waals surface area contributed by atoms with Crippen molar-refractivity contribution < 1.29 is 4.79 Å². The maximum Gasteiger partial charge on any atom is 0.168 e. The summed E-state index contributed by atoms with van der Waals surface area (Å²) in [6, 6.07) is 5.46. The molecule has 15 heavy (non-hydrogen) atoms. The number of carbonyl (C=O) groups is 1. The number of Topliss-reactive ketones (excluding diaryl/α,β-unsaturated/α-hetero) is 1. The average Bonchev–Trinajstić information content (AvgIpc) is 2.15. The molecule has 0 spiro atoms. The summed E-state index contributed by atoms with van der Waals surface area (Å²) in [6.45, 7) is 5.71. The number of benzene rings is 1. The molecule has 3 heteroatoms. The van der Waals surface area contributed by atoms with Crippen molar-refractivity contribution in [1.29, 1.82) is 0 Å². The fraction of sp³-hybridized carbons (Fsp3) is 0.417. The Bertz CT molecular complexity index is 380. The first-order valence-corrected chi connectivity index (χ1v) is 6.25. The van der Waals surface area contributed by atoms with Gasteiger partial charge < -0.3 is 0 Å². The van der Waals surface area contributed by atoms with Gasteiger partial charge in [-0.2, -0.15) is 0 Å². The van der Waals surface area contributed by atoms with E-state index in [1.165, 1.54) is 0 Å². The first-order valence-electron chi connectivity index (χ1n) is 4.75. The maximum atomic E-state index is 11.9. The summed E-state index contributed by atoms with van der Waals surface area (Å²) < 4.78 is 0. The van der Waals surface area contributed by atoms with E-state index in [9.17, 15) is 4.79 Å². The third kappa shape index (κ3) is 3.05. The molecule has 0 heterocycles. The molecule has 0 aliphatic carbocycles. The van der Waals surface area contributed by atoms with Crippen molar-refractivity contribution in [3.8, 4) is 0 Å². The minimum atomic E-state index is -0.362. The van der Waals surface area contributed by atoms with Crippen LogP contribution < -0.4 is 0 Å². The van der Waals surface area contributed by atoms with Crippen molar-refractivity contribution >= 4 is 33.3 Å². The molecule has 1 aromatic rings. The zero-order chi connectivity index (χ0) is 11.6. The zero-order valence-electron chi connectivity index (χ0n) is 9.10.